The molecule has 0 radical (unpaired) electrons. The fourth-order valence-electron chi connectivity index (χ4n) is 4.45. The number of anilines is 1. The number of hydrogen-bond acceptors (Lipinski definition) is 3. The fraction of sp³-hybridized carbons (Fsp3) is 0.400. The van der Waals surface area contributed by atoms with Crippen LogP contribution < -0.4 is 4.90 Å². The van der Waals surface area contributed by atoms with E-state index >= 15 is 0 Å². The molecule has 1 spiro atoms. The van der Waals surface area contributed by atoms with E-state index in [2.05, 4.69) is 55.8 Å². The summed E-state index contributed by atoms with van der Waals surface area (Å²) in [5.74, 6) is 6.21. The first-order chi connectivity index (χ1) is 13.3. The summed E-state index contributed by atoms with van der Waals surface area (Å²) < 4.78 is 5.02. The van der Waals surface area contributed by atoms with Crippen LogP contribution in [0.4, 0.5) is 5.69 Å². The van der Waals surface area contributed by atoms with E-state index in [4.69, 9.17) is 4.74 Å². The Bertz CT molecular complexity index is 972. The molecule has 0 amide bonds. The van der Waals surface area contributed by atoms with Crippen LogP contribution in [-0.2, 0) is 10.2 Å². The predicted molar refractivity (Wildman–Crippen MR) is 113 cm³/mol. The molecule has 2 aliphatic rings. The summed E-state index contributed by atoms with van der Waals surface area (Å²) in [5.41, 5.74) is 5.75. The van der Waals surface area contributed by atoms with E-state index in [1.165, 1.54) is 30.5 Å². The van der Waals surface area contributed by atoms with Crippen molar-refractivity contribution < 1.29 is 9.53 Å². The predicted octanol–water partition coefficient (Wildman–Crippen LogP) is 4.91. The molecule has 0 saturated heterocycles. The number of hydrogen-bond donors (Lipinski definition) is 0. The molecule has 3 heteroatoms. The van der Waals surface area contributed by atoms with Gasteiger partial charge in [-0.05, 0) is 79.6 Å². The molecular formula is C25H27NO2. The van der Waals surface area contributed by atoms with Gasteiger partial charge in [0.15, 0.2) is 0 Å². The van der Waals surface area contributed by atoms with Crippen LogP contribution in [0.25, 0.3) is 0 Å². The summed E-state index contributed by atoms with van der Waals surface area (Å²) in [7, 11) is 2.23. The molecule has 0 unspecified atom stereocenters. The van der Waals surface area contributed by atoms with Crippen molar-refractivity contribution in [3.05, 3.63) is 64.7 Å². The number of esters is 1. The molecule has 0 bridgehead atoms. The summed E-state index contributed by atoms with van der Waals surface area (Å²) in [6.45, 7) is 6.89. The first-order valence-electron chi connectivity index (χ1n) is 10.0. The Morgan fingerprint density at radius 3 is 2.36 bits per heavy atom. The van der Waals surface area contributed by atoms with Crippen LogP contribution in [0.15, 0.2) is 42.5 Å². The lowest BCUT2D eigenvalue weighted by molar-refractivity contribution is 0.0526. The van der Waals surface area contributed by atoms with Crippen molar-refractivity contribution in [3.8, 4) is 11.8 Å². The third kappa shape index (κ3) is 3.29. The van der Waals surface area contributed by atoms with Crippen LogP contribution in [0, 0.1) is 11.8 Å². The largest absolute Gasteiger partial charge is 0.462 e. The number of rotatable bonds is 2. The van der Waals surface area contributed by atoms with Gasteiger partial charge in [0.2, 0.25) is 0 Å². The number of benzene rings is 2. The maximum Gasteiger partial charge on any atom is 0.338 e. The van der Waals surface area contributed by atoms with Crippen LogP contribution in [0.3, 0.4) is 0 Å². The van der Waals surface area contributed by atoms with Crippen molar-refractivity contribution in [2.45, 2.75) is 51.0 Å². The van der Waals surface area contributed by atoms with E-state index in [9.17, 15) is 4.79 Å². The highest BCUT2D eigenvalue weighted by Crippen LogP contribution is 2.56. The van der Waals surface area contributed by atoms with Crippen LogP contribution >= 0.6 is 0 Å². The second-order valence-corrected chi connectivity index (χ2v) is 8.62. The van der Waals surface area contributed by atoms with Crippen molar-refractivity contribution >= 4 is 11.7 Å². The quantitative estimate of drug-likeness (QED) is 0.553. The highest BCUT2D eigenvalue weighted by Gasteiger charge is 2.53. The lowest BCUT2D eigenvalue weighted by atomic mass is 9.73. The molecule has 1 heterocycles. The van der Waals surface area contributed by atoms with Gasteiger partial charge in [-0.2, -0.15) is 0 Å². The number of ether oxygens (including phenoxy) is 1. The van der Waals surface area contributed by atoms with Gasteiger partial charge in [0, 0.05) is 29.4 Å². The van der Waals surface area contributed by atoms with Crippen LogP contribution in [0.2, 0.25) is 0 Å². The molecular weight excluding hydrogens is 346 g/mol. The van der Waals surface area contributed by atoms with E-state index in [0.29, 0.717) is 17.7 Å². The zero-order valence-electron chi connectivity index (χ0n) is 17.1. The molecule has 4 rings (SSSR count). The maximum absolute atomic E-state index is 11.7. The number of nitrogens with zero attached hydrogens (tertiary/aromatic N) is 1. The van der Waals surface area contributed by atoms with Crippen molar-refractivity contribution in [2.24, 2.45) is 0 Å². The lowest BCUT2D eigenvalue weighted by Crippen LogP contribution is -2.45. The molecule has 0 atom stereocenters. The third-order valence-corrected chi connectivity index (χ3v) is 6.14. The van der Waals surface area contributed by atoms with Crippen LogP contribution in [-0.4, -0.2) is 25.2 Å². The molecule has 28 heavy (non-hydrogen) atoms. The average Bonchev–Trinajstić information content (AvgIpc) is 3.45. The smallest absolute Gasteiger partial charge is 0.338 e. The van der Waals surface area contributed by atoms with Crippen LogP contribution in [0.5, 0.6) is 0 Å². The van der Waals surface area contributed by atoms with Gasteiger partial charge in [-0.15, -0.1) is 0 Å². The first-order valence-corrected chi connectivity index (χ1v) is 10.0. The Morgan fingerprint density at radius 1 is 1.07 bits per heavy atom. The molecule has 0 aromatic heterocycles. The Labute approximate surface area is 167 Å². The number of carbonyl (C=O) groups is 1. The lowest BCUT2D eigenvalue weighted by Gasteiger charge is -2.45. The summed E-state index contributed by atoms with van der Waals surface area (Å²) in [6.07, 6.45) is 3.81. The minimum absolute atomic E-state index is 0.164. The monoisotopic (exact) mass is 373 g/mol. The summed E-state index contributed by atoms with van der Waals surface area (Å²) in [5, 5.41) is 0. The zero-order valence-corrected chi connectivity index (χ0v) is 17.1. The second-order valence-electron chi connectivity index (χ2n) is 8.62. The Hall–Kier alpha value is -2.73. The van der Waals surface area contributed by atoms with Crippen LogP contribution in [0.1, 0.15) is 67.1 Å². The van der Waals surface area contributed by atoms with Crippen molar-refractivity contribution in [1.29, 1.82) is 0 Å². The summed E-state index contributed by atoms with van der Waals surface area (Å²) in [6, 6.07) is 13.9. The molecule has 1 saturated carbocycles. The van der Waals surface area contributed by atoms with Gasteiger partial charge >= 0.3 is 5.97 Å². The molecule has 144 valence electrons. The average molecular weight is 373 g/mol. The first kappa shape index (κ1) is 18.6. The molecule has 2 aromatic carbocycles. The number of carbonyl (C=O) groups excluding carboxylic acids is 1. The third-order valence-electron chi connectivity index (χ3n) is 6.14. The minimum atomic E-state index is -0.295. The Balaban J connectivity index is 1.58. The van der Waals surface area contributed by atoms with E-state index in [1.54, 1.807) is 19.1 Å². The van der Waals surface area contributed by atoms with Gasteiger partial charge in [0.1, 0.15) is 0 Å². The van der Waals surface area contributed by atoms with E-state index in [1.807, 2.05) is 12.1 Å². The van der Waals surface area contributed by atoms with Gasteiger partial charge < -0.3 is 9.64 Å². The highest BCUT2D eigenvalue weighted by molar-refractivity contribution is 5.89. The second kappa shape index (κ2) is 6.71. The summed E-state index contributed by atoms with van der Waals surface area (Å²) in [4.78, 5) is 14.2. The van der Waals surface area contributed by atoms with E-state index in [0.717, 1.165) is 11.1 Å². The standard InChI is InChI=1S/C25H27NO2/c1-5-28-23(27)20-11-8-18(9-12-20)6-7-19-10-13-22-21(16-19)24(2,3)17-25(14-15-25)26(22)4/h8-13,16H,5,14-15,17H2,1-4H3. The SMILES string of the molecule is CCOC(=O)c1ccc(C#Cc2ccc3c(c2)C(C)(C)CC2(CC2)N3C)cc1. The van der Waals surface area contributed by atoms with Gasteiger partial charge in [0.25, 0.3) is 0 Å². The van der Waals surface area contributed by atoms with Gasteiger partial charge in [-0.25, -0.2) is 4.79 Å². The van der Waals surface area contributed by atoms with E-state index < -0.39 is 0 Å². The van der Waals surface area contributed by atoms with Gasteiger partial charge in [-0.3, -0.25) is 0 Å². The molecule has 0 N–H and O–H groups in total. The highest BCUT2D eigenvalue weighted by atomic mass is 16.5. The number of fused-ring (bicyclic) bond motifs is 1. The molecule has 1 fully saturated rings. The summed E-state index contributed by atoms with van der Waals surface area (Å²) >= 11 is 0. The van der Waals surface area contributed by atoms with E-state index in [-0.39, 0.29) is 11.4 Å². The Kier molecular flexibility index (Phi) is 4.46. The van der Waals surface area contributed by atoms with Gasteiger partial charge in [-0.1, -0.05) is 25.7 Å². The molecule has 1 aliphatic carbocycles. The van der Waals surface area contributed by atoms with Crippen molar-refractivity contribution in [2.75, 3.05) is 18.6 Å². The molecule has 2 aromatic rings. The van der Waals surface area contributed by atoms with Crippen molar-refractivity contribution in [3.63, 3.8) is 0 Å². The van der Waals surface area contributed by atoms with Gasteiger partial charge in [0.05, 0.1) is 12.2 Å². The Morgan fingerprint density at radius 2 is 1.71 bits per heavy atom. The zero-order chi connectivity index (χ0) is 19.9. The normalized spacial score (nSPS) is 18.1. The topological polar surface area (TPSA) is 29.5 Å². The van der Waals surface area contributed by atoms with Crippen molar-refractivity contribution in [1.82, 2.24) is 0 Å². The fourth-order valence-corrected chi connectivity index (χ4v) is 4.45. The molecule has 1 aliphatic heterocycles. The minimum Gasteiger partial charge on any atom is -0.462 e. The molecule has 3 nitrogen and oxygen atoms in total. The maximum atomic E-state index is 11.7.